The standard InChI is InChI=1S/C21H29N3O3S.K/c1-13-8-16(9-13)24-11-17(12-24)28(26,27)23-21(25)22-20-18-6-2-4-14(18)10-15-5-3-7-19(15)20;/h10,13,16-17H,2-9,11-12H2,1H3,(H2,22,23,25);/q;+1/p-1. The van der Waals surface area contributed by atoms with Gasteiger partial charge < -0.3 is 10.0 Å². The van der Waals surface area contributed by atoms with Crippen molar-refractivity contribution in [3.05, 3.63) is 33.0 Å². The first-order valence-corrected chi connectivity index (χ1v) is 12.1. The molecule has 3 aliphatic carbocycles. The Balaban J connectivity index is 0.00000205. The maximum atomic E-state index is 12.6. The number of nitrogens with one attached hydrogen (secondary N) is 1. The Labute approximate surface area is 216 Å². The number of fused-ring (bicyclic) bond motifs is 2. The molecule has 1 aliphatic heterocycles. The molecule has 1 saturated carbocycles. The number of anilines is 1. The molecule has 0 radical (unpaired) electrons. The summed E-state index contributed by atoms with van der Waals surface area (Å²) in [5, 5.41) is 2.33. The van der Waals surface area contributed by atoms with Gasteiger partial charge in [-0.25, -0.2) is 8.42 Å². The topological polar surface area (TPSA) is 80.6 Å². The van der Waals surface area contributed by atoms with Crippen LogP contribution in [0.15, 0.2) is 6.07 Å². The molecule has 1 aromatic rings. The zero-order valence-corrected chi connectivity index (χ0v) is 21.3. The summed E-state index contributed by atoms with van der Waals surface area (Å²) in [6.07, 6.45) is 8.45. The summed E-state index contributed by atoms with van der Waals surface area (Å²) in [6.45, 7) is 3.24. The average Bonchev–Trinajstić information content (AvgIpc) is 3.19. The summed E-state index contributed by atoms with van der Waals surface area (Å²) < 4.78 is 28.8. The predicted molar refractivity (Wildman–Crippen MR) is 109 cm³/mol. The van der Waals surface area contributed by atoms with Gasteiger partial charge in [0, 0.05) is 19.1 Å². The fourth-order valence-electron chi connectivity index (χ4n) is 5.40. The van der Waals surface area contributed by atoms with Crippen LogP contribution in [0.3, 0.4) is 0 Å². The van der Waals surface area contributed by atoms with Gasteiger partial charge in [0.25, 0.3) is 0 Å². The number of likely N-dealkylation sites (tertiary alicyclic amines) is 1. The van der Waals surface area contributed by atoms with Crippen LogP contribution in [0.5, 0.6) is 0 Å². The second-order valence-corrected chi connectivity index (χ2v) is 11.0. The van der Waals surface area contributed by atoms with E-state index >= 15 is 0 Å². The molecule has 1 N–H and O–H groups in total. The van der Waals surface area contributed by atoms with E-state index in [1.165, 1.54) is 22.3 Å². The van der Waals surface area contributed by atoms with Gasteiger partial charge in [-0.05, 0) is 85.2 Å². The van der Waals surface area contributed by atoms with E-state index in [1.807, 2.05) is 0 Å². The molecular weight excluding hydrogens is 413 g/mol. The van der Waals surface area contributed by atoms with Crippen molar-refractivity contribution in [2.45, 2.75) is 69.6 Å². The predicted octanol–water partition coefficient (Wildman–Crippen LogP) is 0.386. The number of urea groups is 1. The van der Waals surface area contributed by atoms with E-state index in [2.05, 4.69) is 27.9 Å². The minimum Gasteiger partial charge on any atom is -0.423 e. The van der Waals surface area contributed by atoms with Crippen LogP contribution in [0.1, 0.15) is 54.9 Å². The van der Waals surface area contributed by atoms with Crippen LogP contribution in [0, 0.1) is 5.92 Å². The fraction of sp³-hybridized carbons (Fsp3) is 0.667. The Hall–Kier alpha value is 0.0364. The molecule has 0 unspecified atom stereocenters. The Kier molecular flexibility index (Phi) is 6.54. The van der Waals surface area contributed by atoms with Crippen LogP contribution in [0.4, 0.5) is 10.5 Å². The fourth-order valence-corrected chi connectivity index (χ4v) is 6.59. The normalized spacial score (nSPS) is 26.0. The third-order valence-corrected chi connectivity index (χ3v) is 8.64. The zero-order chi connectivity index (χ0) is 19.5. The number of sulfonamides is 1. The van der Waals surface area contributed by atoms with E-state index in [1.54, 1.807) is 0 Å². The first-order valence-electron chi connectivity index (χ1n) is 10.6. The molecule has 4 aliphatic rings. The van der Waals surface area contributed by atoms with E-state index < -0.39 is 21.3 Å². The molecule has 6 nitrogen and oxygen atoms in total. The van der Waals surface area contributed by atoms with Crippen LogP contribution in [-0.4, -0.2) is 43.7 Å². The summed E-state index contributed by atoms with van der Waals surface area (Å²) in [4.78, 5) is 14.7. The SMILES string of the molecule is CC1CC(N2CC(S(=O)(=O)[N-]C(=O)Nc3c4c(cc5c3CCC5)CCC4)C2)C1.[K+]. The molecule has 2 amide bonds. The molecule has 2 fully saturated rings. The maximum Gasteiger partial charge on any atom is 1.00 e. The van der Waals surface area contributed by atoms with Crippen molar-refractivity contribution in [1.82, 2.24) is 4.90 Å². The van der Waals surface area contributed by atoms with Crippen LogP contribution in [-0.2, 0) is 35.7 Å². The molecule has 0 atom stereocenters. The van der Waals surface area contributed by atoms with E-state index in [9.17, 15) is 13.2 Å². The monoisotopic (exact) mass is 441 g/mol. The summed E-state index contributed by atoms with van der Waals surface area (Å²) in [5.74, 6) is 0.741. The van der Waals surface area contributed by atoms with Crippen LogP contribution < -0.4 is 56.7 Å². The number of nitrogens with zero attached hydrogens (tertiary/aromatic N) is 2. The Morgan fingerprint density at radius 3 is 2.21 bits per heavy atom. The van der Waals surface area contributed by atoms with Crippen LogP contribution in [0.2, 0.25) is 0 Å². The number of benzene rings is 1. The Bertz CT molecular complexity index is 889. The van der Waals surface area contributed by atoms with Crippen molar-refractivity contribution in [3.8, 4) is 0 Å². The number of carbonyl (C=O) groups is 1. The molecule has 0 spiro atoms. The van der Waals surface area contributed by atoms with Crippen molar-refractivity contribution >= 4 is 21.7 Å². The van der Waals surface area contributed by atoms with Gasteiger partial charge in [-0.15, -0.1) is 0 Å². The van der Waals surface area contributed by atoms with Gasteiger partial charge in [-0.1, -0.05) is 13.0 Å². The largest absolute Gasteiger partial charge is 1.00 e. The van der Waals surface area contributed by atoms with E-state index in [4.69, 9.17) is 0 Å². The number of amides is 2. The molecular formula is C21H28KN3O3S. The minimum atomic E-state index is -3.76. The van der Waals surface area contributed by atoms with E-state index in [0.717, 1.165) is 63.0 Å². The molecule has 0 aromatic heterocycles. The molecule has 1 aromatic carbocycles. The number of hydrogen-bond acceptors (Lipinski definition) is 4. The number of aryl methyl sites for hydroxylation is 2. The first kappa shape index (κ1) is 22.2. The first-order chi connectivity index (χ1) is 13.4. The summed E-state index contributed by atoms with van der Waals surface area (Å²) >= 11 is 0. The number of rotatable bonds is 4. The van der Waals surface area contributed by atoms with Crippen LogP contribution >= 0.6 is 0 Å². The average molecular weight is 442 g/mol. The third-order valence-electron chi connectivity index (χ3n) is 7.08. The van der Waals surface area contributed by atoms with E-state index in [0.29, 0.717) is 19.1 Å². The van der Waals surface area contributed by atoms with Gasteiger partial charge in [0.15, 0.2) is 16.1 Å². The number of hydrogen-bond donors (Lipinski definition) is 1. The molecule has 1 heterocycles. The molecule has 8 heteroatoms. The number of carbonyl (C=O) groups excluding carboxylic acids is 1. The van der Waals surface area contributed by atoms with Gasteiger partial charge in [0.1, 0.15) is 0 Å². The van der Waals surface area contributed by atoms with Gasteiger partial charge in [0.2, 0.25) is 0 Å². The summed E-state index contributed by atoms with van der Waals surface area (Å²) in [6, 6.07) is 2.08. The zero-order valence-electron chi connectivity index (χ0n) is 17.4. The van der Waals surface area contributed by atoms with Crippen LogP contribution in [0.25, 0.3) is 4.72 Å². The molecule has 152 valence electrons. The van der Waals surface area contributed by atoms with Gasteiger partial charge >= 0.3 is 51.4 Å². The van der Waals surface area contributed by atoms with Crippen molar-refractivity contribution in [1.29, 1.82) is 0 Å². The Morgan fingerprint density at radius 2 is 1.66 bits per heavy atom. The Morgan fingerprint density at radius 1 is 1.07 bits per heavy atom. The van der Waals surface area contributed by atoms with Gasteiger partial charge in [0.05, 0.1) is 5.25 Å². The van der Waals surface area contributed by atoms with E-state index in [-0.39, 0.29) is 51.4 Å². The summed E-state index contributed by atoms with van der Waals surface area (Å²) in [5.41, 5.74) is 5.85. The smallest absolute Gasteiger partial charge is 0.423 e. The second-order valence-electron chi connectivity index (χ2n) is 9.08. The maximum absolute atomic E-state index is 12.6. The van der Waals surface area contributed by atoms with Crippen molar-refractivity contribution in [2.75, 3.05) is 18.4 Å². The van der Waals surface area contributed by atoms with Gasteiger partial charge in [-0.2, -0.15) is 0 Å². The molecule has 5 rings (SSSR count). The quantitative estimate of drug-likeness (QED) is 0.686. The molecule has 29 heavy (non-hydrogen) atoms. The van der Waals surface area contributed by atoms with Crippen molar-refractivity contribution in [3.63, 3.8) is 0 Å². The van der Waals surface area contributed by atoms with Gasteiger partial charge in [-0.3, -0.25) is 9.69 Å². The molecule has 1 saturated heterocycles. The van der Waals surface area contributed by atoms with Crippen molar-refractivity contribution < 1.29 is 64.6 Å². The third kappa shape index (κ3) is 4.23. The second kappa shape index (κ2) is 8.52. The molecule has 0 bridgehead atoms. The van der Waals surface area contributed by atoms with Crippen molar-refractivity contribution in [2.24, 2.45) is 5.92 Å². The minimum absolute atomic E-state index is 0. The summed E-state index contributed by atoms with van der Waals surface area (Å²) in [7, 11) is -3.76.